The molecule has 0 aromatic carbocycles. The minimum Gasteiger partial charge on any atom is -0.361 e. The number of aromatic nitrogens is 2. The lowest BCUT2D eigenvalue weighted by molar-refractivity contribution is -0.118. The van der Waals surface area contributed by atoms with E-state index in [-0.39, 0.29) is 12.5 Å². The summed E-state index contributed by atoms with van der Waals surface area (Å²) in [6.07, 6.45) is 1.73. The molecule has 6 heteroatoms. The maximum absolute atomic E-state index is 11.1. The first kappa shape index (κ1) is 13.7. The van der Waals surface area contributed by atoms with E-state index in [4.69, 9.17) is 11.6 Å². The van der Waals surface area contributed by atoms with Gasteiger partial charge in [-0.1, -0.05) is 18.5 Å². The molecule has 1 amide bonds. The van der Waals surface area contributed by atoms with E-state index in [9.17, 15) is 4.79 Å². The van der Waals surface area contributed by atoms with Crippen LogP contribution in [0.3, 0.4) is 0 Å². The van der Waals surface area contributed by atoms with Crippen LogP contribution in [0.2, 0.25) is 5.15 Å². The summed E-state index contributed by atoms with van der Waals surface area (Å²) >= 11 is 6.01. The van der Waals surface area contributed by atoms with Crippen molar-refractivity contribution in [2.75, 3.05) is 18.9 Å². The van der Waals surface area contributed by atoms with Crippen LogP contribution in [0.4, 0.5) is 5.82 Å². The second-order valence-corrected chi connectivity index (χ2v) is 4.04. The van der Waals surface area contributed by atoms with E-state index in [0.717, 1.165) is 18.4 Å². The van der Waals surface area contributed by atoms with Crippen LogP contribution in [-0.4, -0.2) is 29.5 Å². The molecule has 0 atom stereocenters. The summed E-state index contributed by atoms with van der Waals surface area (Å²) < 4.78 is 0. The fourth-order valence-electron chi connectivity index (χ4n) is 1.29. The van der Waals surface area contributed by atoms with Gasteiger partial charge < -0.3 is 10.6 Å². The standard InChI is InChI=1S/C11H17ClN4O/c1-4-5-8-15-10(12)7(2)11(16-8)14-6-9(17)13-3/h4-6H2,1-3H3,(H,13,17)(H,14,15,16). The molecule has 0 unspecified atom stereocenters. The van der Waals surface area contributed by atoms with Crippen molar-refractivity contribution in [1.82, 2.24) is 15.3 Å². The van der Waals surface area contributed by atoms with E-state index in [1.807, 2.05) is 6.92 Å². The van der Waals surface area contributed by atoms with Crippen LogP contribution < -0.4 is 10.6 Å². The van der Waals surface area contributed by atoms with Crippen LogP contribution in [0.25, 0.3) is 0 Å². The Balaban J connectivity index is 2.85. The molecule has 1 rings (SSSR count). The second kappa shape index (κ2) is 6.39. The average molecular weight is 257 g/mol. The van der Waals surface area contributed by atoms with E-state index < -0.39 is 0 Å². The number of rotatable bonds is 5. The van der Waals surface area contributed by atoms with Gasteiger partial charge in [-0.05, 0) is 13.3 Å². The zero-order valence-corrected chi connectivity index (χ0v) is 11.1. The highest BCUT2D eigenvalue weighted by molar-refractivity contribution is 6.30. The maximum atomic E-state index is 11.1. The van der Waals surface area contributed by atoms with E-state index >= 15 is 0 Å². The fourth-order valence-corrected chi connectivity index (χ4v) is 1.48. The van der Waals surface area contributed by atoms with Gasteiger partial charge in [-0.3, -0.25) is 4.79 Å². The Labute approximate surface area is 106 Å². The molecule has 94 valence electrons. The van der Waals surface area contributed by atoms with Crippen LogP contribution in [0.15, 0.2) is 0 Å². The summed E-state index contributed by atoms with van der Waals surface area (Å²) in [5, 5.41) is 5.92. The highest BCUT2D eigenvalue weighted by Crippen LogP contribution is 2.20. The Morgan fingerprint density at radius 2 is 2.12 bits per heavy atom. The number of nitrogens with zero attached hydrogens (tertiary/aromatic N) is 2. The quantitative estimate of drug-likeness (QED) is 0.785. The van der Waals surface area contributed by atoms with Crippen molar-refractivity contribution in [3.63, 3.8) is 0 Å². The topological polar surface area (TPSA) is 66.9 Å². The lowest BCUT2D eigenvalue weighted by Gasteiger charge is -2.10. The Hall–Kier alpha value is -1.36. The van der Waals surface area contributed by atoms with Crippen LogP contribution >= 0.6 is 11.6 Å². The number of hydrogen-bond donors (Lipinski definition) is 2. The van der Waals surface area contributed by atoms with Crippen LogP contribution in [0.1, 0.15) is 24.7 Å². The first-order valence-electron chi connectivity index (χ1n) is 5.56. The molecular weight excluding hydrogens is 240 g/mol. The zero-order valence-electron chi connectivity index (χ0n) is 10.3. The number of anilines is 1. The van der Waals surface area contributed by atoms with Gasteiger partial charge in [0.2, 0.25) is 5.91 Å². The largest absolute Gasteiger partial charge is 0.361 e. The lowest BCUT2D eigenvalue weighted by Crippen LogP contribution is -2.26. The summed E-state index contributed by atoms with van der Waals surface area (Å²) in [7, 11) is 1.59. The molecule has 5 nitrogen and oxygen atoms in total. The summed E-state index contributed by atoms with van der Waals surface area (Å²) in [4.78, 5) is 19.7. The molecule has 0 aliphatic heterocycles. The fraction of sp³-hybridized carbons (Fsp3) is 0.545. The molecule has 1 aromatic heterocycles. The van der Waals surface area contributed by atoms with Gasteiger partial charge in [0.05, 0.1) is 6.54 Å². The number of carbonyl (C=O) groups is 1. The number of amides is 1. The predicted octanol–water partition coefficient (Wildman–Crippen LogP) is 1.55. The van der Waals surface area contributed by atoms with Crippen LogP contribution in [0.5, 0.6) is 0 Å². The average Bonchev–Trinajstić information content (AvgIpc) is 2.31. The van der Waals surface area contributed by atoms with Crippen molar-refractivity contribution >= 4 is 23.3 Å². The summed E-state index contributed by atoms with van der Waals surface area (Å²) in [5.74, 6) is 1.22. The third-order valence-electron chi connectivity index (χ3n) is 2.30. The highest BCUT2D eigenvalue weighted by Gasteiger charge is 2.09. The molecule has 0 aliphatic carbocycles. The molecule has 2 N–H and O–H groups in total. The number of carbonyl (C=O) groups excluding carboxylic acids is 1. The van der Waals surface area contributed by atoms with Crippen molar-refractivity contribution in [3.05, 3.63) is 16.5 Å². The molecule has 0 radical (unpaired) electrons. The first-order chi connectivity index (χ1) is 8.08. The van der Waals surface area contributed by atoms with Crippen molar-refractivity contribution in [3.8, 4) is 0 Å². The monoisotopic (exact) mass is 256 g/mol. The number of hydrogen-bond acceptors (Lipinski definition) is 4. The van der Waals surface area contributed by atoms with Crippen LogP contribution in [-0.2, 0) is 11.2 Å². The normalized spacial score (nSPS) is 10.1. The Bertz CT molecular complexity index is 409. The zero-order chi connectivity index (χ0) is 12.8. The molecule has 0 fully saturated rings. The maximum Gasteiger partial charge on any atom is 0.239 e. The smallest absolute Gasteiger partial charge is 0.239 e. The van der Waals surface area contributed by atoms with Crippen molar-refractivity contribution in [2.45, 2.75) is 26.7 Å². The highest BCUT2D eigenvalue weighted by atomic mass is 35.5. The minimum atomic E-state index is -0.101. The van der Waals surface area contributed by atoms with Gasteiger partial charge in [0.15, 0.2) is 0 Å². The van der Waals surface area contributed by atoms with E-state index in [2.05, 4.69) is 27.5 Å². The summed E-state index contributed by atoms with van der Waals surface area (Å²) in [5.41, 5.74) is 0.760. The minimum absolute atomic E-state index is 0.101. The molecule has 0 bridgehead atoms. The van der Waals surface area contributed by atoms with Crippen molar-refractivity contribution < 1.29 is 4.79 Å². The van der Waals surface area contributed by atoms with Gasteiger partial charge in [0.25, 0.3) is 0 Å². The van der Waals surface area contributed by atoms with Gasteiger partial charge in [0.1, 0.15) is 16.8 Å². The van der Waals surface area contributed by atoms with E-state index in [1.165, 1.54) is 0 Å². The predicted molar refractivity (Wildman–Crippen MR) is 68.3 cm³/mol. The molecule has 1 aromatic rings. The Morgan fingerprint density at radius 1 is 1.41 bits per heavy atom. The van der Waals surface area contributed by atoms with Gasteiger partial charge in [0, 0.05) is 19.0 Å². The van der Waals surface area contributed by atoms with Gasteiger partial charge >= 0.3 is 0 Å². The molecule has 1 heterocycles. The van der Waals surface area contributed by atoms with Crippen LogP contribution in [0, 0.1) is 6.92 Å². The molecule has 0 saturated carbocycles. The number of halogens is 1. The summed E-state index contributed by atoms with van der Waals surface area (Å²) in [6, 6.07) is 0. The number of likely N-dealkylation sites (N-methyl/N-ethyl adjacent to an activating group) is 1. The van der Waals surface area contributed by atoms with Crippen molar-refractivity contribution in [1.29, 1.82) is 0 Å². The molecule has 0 saturated heterocycles. The van der Waals surface area contributed by atoms with Crippen molar-refractivity contribution in [2.24, 2.45) is 0 Å². The summed E-state index contributed by atoms with van der Waals surface area (Å²) in [6.45, 7) is 4.05. The molecule has 17 heavy (non-hydrogen) atoms. The molecule has 0 spiro atoms. The number of nitrogens with one attached hydrogen (secondary N) is 2. The van der Waals surface area contributed by atoms with Gasteiger partial charge in [-0.25, -0.2) is 9.97 Å². The third kappa shape index (κ3) is 3.85. The Morgan fingerprint density at radius 3 is 2.71 bits per heavy atom. The first-order valence-corrected chi connectivity index (χ1v) is 5.93. The third-order valence-corrected chi connectivity index (χ3v) is 2.67. The van der Waals surface area contributed by atoms with Gasteiger partial charge in [-0.15, -0.1) is 0 Å². The Kier molecular flexibility index (Phi) is 5.15. The molecular formula is C11H17ClN4O. The van der Waals surface area contributed by atoms with E-state index in [0.29, 0.717) is 16.8 Å². The SMILES string of the molecule is CCCc1nc(Cl)c(C)c(NCC(=O)NC)n1. The van der Waals surface area contributed by atoms with E-state index in [1.54, 1.807) is 7.05 Å². The number of aryl methyl sites for hydroxylation is 1. The van der Waals surface area contributed by atoms with Gasteiger partial charge in [-0.2, -0.15) is 0 Å². The molecule has 0 aliphatic rings. The lowest BCUT2D eigenvalue weighted by atomic mass is 10.3. The second-order valence-electron chi connectivity index (χ2n) is 3.68.